The van der Waals surface area contributed by atoms with Gasteiger partial charge in [0.25, 0.3) is 5.91 Å². The van der Waals surface area contributed by atoms with Crippen molar-refractivity contribution >= 4 is 28.6 Å². The van der Waals surface area contributed by atoms with Gasteiger partial charge in [0, 0.05) is 36.3 Å². The predicted molar refractivity (Wildman–Crippen MR) is 133 cm³/mol. The first-order valence-electron chi connectivity index (χ1n) is 11.3. The predicted octanol–water partition coefficient (Wildman–Crippen LogP) is 3.53. The van der Waals surface area contributed by atoms with Crippen LogP contribution in [-0.2, 0) is 11.2 Å². The minimum absolute atomic E-state index is 0.0881. The summed E-state index contributed by atoms with van der Waals surface area (Å²) in [6, 6.07) is 14.9. The lowest BCUT2D eigenvalue weighted by atomic mass is 9.98. The van der Waals surface area contributed by atoms with Gasteiger partial charge in [-0.1, -0.05) is 18.2 Å². The molecule has 0 aliphatic carbocycles. The number of hydrogen-bond acceptors (Lipinski definition) is 5. The van der Waals surface area contributed by atoms with E-state index in [1.54, 1.807) is 48.7 Å². The third-order valence-corrected chi connectivity index (χ3v) is 6.83. The Morgan fingerprint density at radius 1 is 1.23 bits per heavy atom. The molecule has 1 fully saturated rings. The van der Waals surface area contributed by atoms with E-state index in [-0.39, 0.29) is 23.5 Å². The Balaban J connectivity index is 1.27. The first kappa shape index (κ1) is 23.0. The molecule has 3 N–H and O–H groups in total. The molecule has 0 saturated carbocycles. The molecular weight excluding hydrogens is 469 g/mol. The maximum atomic E-state index is 13.6. The molecule has 0 spiro atoms. The molecule has 1 saturated heterocycles. The van der Waals surface area contributed by atoms with Gasteiger partial charge in [0.2, 0.25) is 11.2 Å². The van der Waals surface area contributed by atoms with Crippen LogP contribution in [0.25, 0.3) is 11.3 Å². The Kier molecular flexibility index (Phi) is 6.45. The van der Waals surface area contributed by atoms with Crippen LogP contribution in [-0.4, -0.2) is 45.5 Å². The lowest BCUT2D eigenvalue weighted by Gasteiger charge is -2.33. The molecule has 2 atom stereocenters. The number of amides is 1. The first-order valence-corrected chi connectivity index (χ1v) is 12.4. The first-order chi connectivity index (χ1) is 17.0. The monoisotopic (exact) mass is 493 g/mol. The summed E-state index contributed by atoms with van der Waals surface area (Å²) in [6.45, 7) is 1.61. The van der Waals surface area contributed by atoms with Crippen LogP contribution in [0.5, 0.6) is 5.75 Å². The van der Waals surface area contributed by atoms with Crippen LogP contribution in [0.4, 0.5) is 10.1 Å². The zero-order valence-corrected chi connectivity index (χ0v) is 19.6. The molecule has 35 heavy (non-hydrogen) atoms. The molecule has 0 bridgehead atoms. The third-order valence-electron chi connectivity index (χ3n) is 6.07. The Hall–Kier alpha value is -3.79. The van der Waals surface area contributed by atoms with Crippen molar-refractivity contribution in [2.45, 2.75) is 12.8 Å². The number of nitrogens with zero attached hydrogens (tertiary/aromatic N) is 3. The number of nitrogens with one attached hydrogen (secondary N) is 1. The molecule has 0 radical (unpaired) electrons. The maximum Gasteiger partial charge on any atom is 0.253 e. The number of aromatic nitrogens is 1. The molecule has 3 heterocycles. The number of rotatable bonds is 5. The summed E-state index contributed by atoms with van der Waals surface area (Å²) in [6.07, 6.45) is 3.36. The number of hydrogen-bond donors (Lipinski definition) is 2. The number of amidine groups is 1. The van der Waals surface area contributed by atoms with E-state index in [0.717, 1.165) is 12.8 Å². The molecule has 2 aliphatic rings. The number of benzene rings is 2. The van der Waals surface area contributed by atoms with Crippen LogP contribution in [0.1, 0.15) is 28.8 Å². The lowest BCUT2D eigenvalue weighted by Crippen LogP contribution is -2.41. The molecule has 1 unspecified atom stereocenters. The van der Waals surface area contributed by atoms with Gasteiger partial charge in [0.1, 0.15) is 17.4 Å². The Labute approximate surface area is 204 Å². The Morgan fingerprint density at radius 3 is 2.94 bits per heavy atom. The van der Waals surface area contributed by atoms with Crippen molar-refractivity contribution in [3.05, 3.63) is 77.7 Å². The highest BCUT2D eigenvalue weighted by Gasteiger charge is 2.26. The summed E-state index contributed by atoms with van der Waals surface area (Å²) >= 11 is -1.60. The molecular formula is C25H24FN5O3S. The number of ether oxygens (including phenoxy) is 1. The van der Waals surface area contributed by atoms with Gasteiger partial charge in [-0.25, -0.2) is 8.60 Å². The van der Waals surface area contributed by atoms with Crippen molar-refractivity contribution < 1.29 is 18.1 Å². The highest BCUT2D eigenvalue weighted by molar-refractivity contribution is 7.85. The number of carbonyl (C=O) groups excluding carboxylic acids is 1. The topological polar surface area (TPSA) is 110 Å². The van der Waals surface area contributed by atoms with Gasteiger partial charge < -0.3 is 15.4 Å². The fourth-order valence-electron chi connectivity index (χ4n) is 4.40. The molecule has 1 amide bonds. The van der Waals surface area contributed by atoms with E-state index in [2.05, 4.69) is 14.1 Å². The van der Waals surface area contributed by atoms with Gasteiger partial charge in [-0.3, -0.25) is 14.5 Å². The van der Waals surface area contributed by atoms with Crippen LogP contribution in [0.3, 0.4) is 0 Å². The van der Waals surface area contributed by atoms with Crippen molar-refractivity contribution in [1.29, 1.82) is 0 Å². The molecule has 1 aromatic heterocycles. The van der Waals surface area contributed by atoms with Crippen LogP contribution in [0.2, 0.25) is 0 Å². The molecule has 2 aromatic carbocycles. The van der Waals surface area contributed by atoms with Gasteiger partial charge in [0.05, 0.1) is 23.6 Å². The number of likely N-dealkylation sites (tertiary alicyclic amines) is 1. The molecule has 8 nitrogen and oxygen atoms in total. The van der Waals surface area contributed by atoms with E-state index < -0.39 is 11.2 Å². The van der Waals surface area contributed by atoms with Crippen LogP contribution >= 0.6 is 0 Å². The average Bonchev–Trinajstić information content (AvgIpc) is 2.87. The maximum absolute atomic E-state index is 13.6. The zero-order valence-electron chi connectivity index (χ0n) is 18.8. The SMILES string of the molecule is NC1=NS(=O)Nc2cccc(OC[C@H]3CCCN(C(=O)c4ccnc(-c5cccc(F)c5)c4)C3)c21. The number of halogens is 1. The molecule has 2 aliphatic heterocycles. The van der Waals surface area contributed by atoms with Crippen LogP contribution in [0.15, 0.2) is 65.2 Å². The summed E-state index contributed by atoms with van der Waals surface area (Å²) in [7, 11) is 0. The Bertz CT molecular complexity index is 1330. The normalized spacial score (nSPS) is 19.3. The summed E-state index contributed by atoms with van der Waals surface area (Å²) < 4.78 is 38.1. The minimum atomic E-state index is -1.60. The van der Waals surface area contributed by atoms with Crippen molar-refractivity contribution in [2.75, 3.05) is 24.4 Å². The van der Waals surface area contributed by atoms with E-state index in [1.165, 1.54) is 12.1 Å². The molecule has 10 heteroatoms. The van der Waals surface area contributed by atoms with E-state index in [9.17, 15) is 13.4 Å². The van der Waals surface area contributed by atoms with Gasteiger partial charge in [-0.15, -0.1) is 0 Å². The third kappa shape index (κ3) is 5.02. The number of carbonyl (C=O) groups is 1. The minimum Gasteiger partial charge on any atom is -0.492 e. The van der Waals surface area contributed by atoms with E-state index in [4.69, 9.17) is 10.5 Å². The molecule has 180 valence electrons. The van der Waals surface area contributed by atoms with Gasteiger partial charge in [0.15, 0.2) is 0 Å². The molecule has 5 rings (SSSR count). The molecule has 3 aromatic rings. The van der Waals surface area contributed by atoms with Gasteiger partial charge >= 0.3 is 0 Å². The summed E-state index contributed by atoms with van der Waals surface area (Å²) in [4.78, 5) is 19.4. The number of pyridine rings is 1. The highest BCUT2D eigenvalue weighted by Crippen LogP contribution is 2.30. The van der Waals surface area contributed by atoms with E-state index in [0.29, 0.717) is 53.5 Å². The quantitative estimate of drug-likeness (QED) is 0.565. The summed E-state index contributed by atoms with van der Waals surface area (Å²) in [5.74, 6) is 0.425. The van der Waals surface area contributed by atoms with Crippen molar-refractivity contribution in [2.24, 2.45) is 16.0 Å². The fraction of sp³-hybridized carbons (Fsp3) is 0.240. The number of anilines is 1. The standard InChI is InChI=1S/C25H24FN5O3S/c26-19-6-1-5-17(12-19)21-13-18(9-10-28-21)25(32)31-11-3-4-16(14-31)15-34-22-8-2-7-20-23(22)24(27)30-35(33)29-20/h1-2,5-10,12-13,16,29H,3-4,11,14-15H2,(H2,27,30)/t16-,35?/m0/s1. The van der Waals surface area contributed by atoms with Crippen molar-refractivity contribution in [1.82, 2.24) is 9.88 Å². The van der Waals surface area contributed by atoms with Crippen molar-refractivity contribution in [3.8, 4) is 17.0 Å². The van der Waals surface area contributed by atoms with Crippen LogP contribution in [0, 0.1) is 11.7 Å². The van der Waals surface area contributed by atoms with Crippen LogP contribution < -0.4 is 15.2 Å². The number of piperidine rings is 1. The fourth-order valence-corrected chi connectivity index (χ4v) is 5.07. The number of nitrogens with two attached hydrogens (primary N) is 1. The smallest absolute Gasteiger partial charge is 0.253 e. The van der Waals surface area contributed by atoms with Crippen molar-refractivity contribution in [3.63, 3.8) is 0 Å². The second-order valence-corrected chi connectivity index (χ2v) is 9.40. The average molecular weight is 494 g/mol. The summed E-state index contributed by atoms with van der Waals surface area (Å²) in [5.41, 5.74) is 8.89. The second-order valence-electron chi connectivity index (χ2n) is 8.52. The van der Waals surface area contributed by atoms with Gasteiger partial charge in [-0.05, 0) is 49.2 Å². The number of fused-ring (bicyclic) bond motifs is 1. The van der Waals surface area contributed by atoms with E-state index in [1.807, 2.05) is 4.90 Å². The zero-order chi connectivity index (χ0) is 24.4. The Morgan fingerprint density at radius 2 is 2.09 bits per heavy atom. The summed E-state index contributed by atoms with van der Waals surface area (Å²) in [5, 5.41) is 0. The lowest BCUT2D eigenvalue weighted by molar-refractivity contribution is 0.0633. The highest BCUT2D eigenvalue weighted by atomic mass is 32.2. The van der Waals surface area contributed by atoms with Gasteiger partial charge in [-0.2, -0.15) is 4.40 Å². The van der Waals surface area contributed by atoms with E-state index >= 15 is 0 Å². The largest absolute Gasteiger partial charge is 0.492 e. The second kappa shape index (κ2) is 9.83.